The lowest BCUT2D eigenvalue weighted by atomic mass is 10.1. The standard InChI is InChI=1S/C12H11BrClNS/c1-7-3-4-9(13)5-10(7)12-8(2)16-11(6-14)15-12/h3-5H,6H2,1-2H3. The van der Waals surface area contributed by atoms with Gasteiger partial charge in [0.05, 0.1) is 11.6 Å². The molecule has 1 aromatic heterocycles. The van der Waals surface area contributed by atoms with Crippen molar-refractivity contribution in [3.8, 4) is 11.3 Å². The predicted molar refractivity (Wildman–Crippen MR) is 74.3 cm³/mol. The number of hydrogen-bond donors (Lipinski definition) is 0. The lowest BCUT2D eigenvalue weighted by Crippen LogP contribution is -1.86. The van der Waals surface area contributed by atoms with Crippen LogP contribution in [-0.4, -0.2) is 4.98 Å². The van der Waals surface area contributed by atoms with E-state index in [1.54, 1.807) is 11.3 Å². The smallest absolute Gasteiger partial charge is 0.108 e. The molecular formula is C12H11BrClNS. The van der Waals surface area contributed by atoms with Gasteiger partial charge in [-0.1, -0.05) is 22.0 Å². The summed E-state index contributed by atoms with van der Waals surface area (Å²) in [6.45, 7) is 4.18. The van der Waals surface area contributed by atoms with Crippen molar-refractivity contribution in [2.24, 2.45) is 0 Å². The van der Waals surface area contributed by atoms with Crippen molar-refractivity contribution in [2.45, 2.75) is 19.7 Å². The van der Waals surface area contributed by atoms with Gasteiger partial charge in [-0.25, -0.2) is 4.98 Å². The van der Waals surface area contributed by atoms with E-state index in [0.717, 1.165) is 15.2 Å². The van der Waals surface area contributed by atoms with Gasteiger partial charge in [-0.2, -0.15) is 0 Å². The molecular weight excluding hydrogens is 306 g/mol. The number of alkyl halides is 1. The van der Waals surface area contributed by atoms with Crippen LogP contribution in [0.15, 0.2) is 22.7 Å². The summed E-state index contributed by atoms with van der Waals surface area (Å²) in [4.78, 5) is 5.79. The van der Waals surface area contributed by atoms with Gasteiger partial charge >= 0.3 is 0 Å². The molecule has 0 aliphatic heterocycles. The molecule has 0 amide bonds. The molecule has 1 heterocycles. The van der Waals surface area contributed by atoms with Crippen LogP contribution in [0.3, 0.4) is 0 Å². The van der Waals surface area contributed by atoms with Gasteiger partial charge in [-0.15, -0.1) is 22.9 Å². The zero-order chi connectivity index (χ0) is 11.7. The normalized spacial score (nSPS) is 10.8. The largest absolute Gasteiger partial charge is 0.240 e. The van der Waals surface area contributed by atoms with Crippen LogP contribution in [0, 0.1) is 13.8 Å². The maximum absolute atomic E-state index is 5.81. The van der Waals surface area contributed by atoms with Crippen molar-refractivity contribution in [1.82, 2.24) is 4.98 Å². The van der Waals surface area contributed by atoms with Crippen LogP contribution in [-0.2, 0) is 5.88 Å². The van der Waals surface area contributed by atoms with E-state index in [2.05, 4.69) is 46.9 Å². The van der Waals surface area contributed by atoms with Crippen LogP contribution in [0.25, 0.3) is 11.3 Å². The maximum Gasteiger partial charge on any atom is 0.108 e. The fourth-order valence-electron chi connectivity index (χ4n) is 1.61. The zero-order valence-corrected chi connectivity index (χ0v) is 12.2. The highest BCUT2D eigenvalue weighted by Crippen LogP contribution is 2.32. The topological polar surface area (TPSA) is 12.9 Å². The molecule has 0 saturated carbocycles. The Morgan fingerprint density at radius 1 is 1.38 bits per heavy atom. The second kappa shape index (κ2) is 4.86. The van der Waals surface area contributed by atoms with Crippen molar-refractivity contribution in [3.05, 3.63) is 38.1 Å². The van der Waals surface area contributed by atoms with Gasteiger partial charge in [-0.05, 0) is 31.5 Å². The molecule has 0 N–H and O–H groups in total. The van der Waals surface area contributed by atoms with E-state index in [1.165, 1.54) is 16.0 Å². The van der Waals surface area contributed by atoms with E-state index in [1.807, 2.05) is 6.07 Å². The third-order valence-electron chi connectivity index (χ3n) is 2.41. The number of hydrogen-bond acceptors (Lipinski definition) is 2. The first kappa shape index (κ1) is 12.1. The van der Waals surface area contributed by atoms with Crippen molar-refractivity contribution < 1.29 is 0 Å². The van der Waals surface area contributed by atoms with Crippen molar-refractivity contribution in [1.29, 1.82) is 0 Å². The molecule has 0 atom stereocenters. The molecule has 4 heteroatoms. The fraction of sp³-hybridized carbons (Fsp3) is 0.250. The molecule has 0 bridgehead atoms. The Morgan fingerprint density at radius 3 is 2.75 bits per heavy atom. The highest BCUT2D eigenvalue weighted by Gasteiger charge is 2.11. The minimum atomic E-state index is 0.485. The molecule has 2 aromatic rings. The molecule has 0 saturated heterocycles. The van der Waals surface area contributed by atoms with Gasteiger partial charge in [0.2, 0.25) is 0 Å². The van der Waals surface area contributed by atoms with Crippen LogP contribution in [0.1, 0.15) is 15.4 Å². The van der Waals surface area contributed by atoms with Gasteiger partial charge in [0, 0.05) is 14.9 Å². The lowest BCUT2D eigenvalue weighted by molar-refractivity contribution is 1.24. The number of halogens is 2. The minimum absolute atomic E-state index is 0.485. The van der Waals surface area contributed by atoms with Gasteiger partial charge in [0.25, 0.3) is 0 Å². The van der Waals surface area contributed by atoms with E-state index in [0.29, 0.717) is 5.88 Å². The molecule has 2 rings (SSSR count). The number of aromatic nitrogens is 1. The van der Waals surface area contributed by atoms with Crippen LogP contribution < -0.4 is 0 Å². The molecule has 16 heavy (non-hydrogen) atoms. The number of nitrogens with zero attached hydrogens (tertiary/aromatic N) is 1. The molecule has 0 radical (unpaired) electrons. The van der Waals surface area contributed by atoms with Gasteiger partial charge in [0.1, 0.15) is 5.01 Å². The first-order chi connectivity index (χ1) is 7.61. The van der Waals surface area contributed by atoms with Crippen molar-refractivity contribution in [3.63, 3.8) is 0 Å². The Balaban J connectivity index is 2.57. The minimum Gasteiger partial charge on any atom is -0.240 e. The summed E-state index contributed by atoms with van der Waals surface area (Å²) >= 11 is 11.0. The lowest BCUT2D eigenvalue weighted by Gasteiger charge is -2.04. The molecule has 84 valence electrons. The summed E-state index contributed by atoms with van der Waals surface area (Å²) in [5.74, 6) is 0.485. The molecule has 1 aromatic carbocycles. The van der Waals surface area contributed by atoms with Crippen LogP contribution in [0.5, 0.6) is 0 Å². The molecule has 1 nitrogen and oxygen atoms in total. The summed E-state index contributed by atoms with van der Waals surface area (Å²) in [5, 5.41) is 0.980. The van der Waals surface area contributed by atoms with E-state index in [9.17, 15) is 0 Å². The highest BCUT2D eigenvalue weighted by molar-refractivity contribution is 9.10. The molecule has 0 unspecified atom stereocenters. The van der Waals surface area contributed by atoms with E-state index in [-0.39, 0.29) is 0 Å². The Hall–Kier alpha value is -0.380. The number of thiazole rings is 1. The summed E-state index contributed by atoms with van der Waals surface area (Å²) in [6.07, 6.45) is 0. The monoisotopic (exact) mass is 315 g/mol. The second-order valence-corrected chi connectivity index (χ2v) is 6.08. The summed E-state index contributed by atoms with van der Waals surface area (Å²) in [5.41, 5.74) is 3.47. The van der Waals surface area contributed by atoms with Crippen LogP contribution in [0.4, 0.5) is 0 Å². The van der Waals surface area contributed by atoms with Gasteiger partial charge in [-0.3, -0.25) is 0 Å². The summed E-state index contributed by atoms with van der Waals surface area (Å²) in [6, 6.07) is 6.25. The summed E-state index contributed by atoms with van der Waals surface area (Å²) in [7, 11) is 0. The number of rotatable bonds is 2. The van der Waals surface area contributed by atoms with E-state index >= 15 is 0 Å². The first-order valence-electron chi connectivity index (χ1n) is 4.90. The zero-order valence-electron chi connectivity index (χ0n) is 9.05. The molecule has 0 aliphatic rings. The predicted octanol–water partition coefficient (Wildman–Crippen LogP) is 4.93. The highest BCUT2D eigenvalue weighted by atomic mass is 79.9. The Bertz CT molecular complexity index is 522. The average Bonchev–Trinajstić information content (AvgIpc) is 2.63. The van der Waals surface area contributed by atoms with Crippen LogP contribution >= 0.6 is 38.9 Å². The van der Waals surface area contributed by atoms with Gasteiger partial charge in [0.15, 0.2) is 0 Å². The Kier molecular flexibility index (Phi) is 3.67. The first-order valence-corrected chi connectivity index (χ1v) is 7.05. The van der Waals surface area contributed by atoms with Crippen molar-refractivity contribution in [2.75, 3.05) is 0 Å². The van der Waals surface area contributed by atoms with E-state index in [4.69, 9.17) is 11.6 Å². The van der Waals surface area contributed by atoms with Crippen molar-refractivity contribution >= 4 is 38.9 Å². The van der Waals surface area contributed by atoms with E-state index < -0.39 is 0 Å². The molecule has 0 spiro atoms. The third kappa shape index (κ3) is 2.31. The van der Waals surface area contributed by atoms with Gasteiger partial charge < -0.3 is 0 Å². The SMILES string of the molecule is Cc1ccc(Br)cc1-c1nc(CCl)sc1C. The maximum atomic E-state index is 5.81. The van der Waals surface area contributed by atoms with Crippen LogP contribution in [0.2, 0.25) is 0 Å². The third-order valence-corrected chi connectivity index (χ3v) is 4.29. The average molecular weight is 317 g/mol. The molecule has 0 fully saturated rings. The molecule has 0 aliphatic carbocycles. The summed E-state index contributed by atoms with van der Waals surface area (Å²) < 4.78 is 1.08. The Labute approximate surface area is 113 Å². The number of aryl methyl sites for hydroxylation is 2. The second-order valence-electron chi connectivity index (χ2n) is 3.61. The quantitative estimate of drug-likeness (QED) is 0.716. The fourth-order valence-corrected chi connectivity index (χ4v) is 2.99. The number of benzene rings is 1. The Morgan fingerprint density at radius 2 is 2.12 bits per heavy atom.